The number of halogens is 1. The van der Waals surface area contributed by atoms with Crippen LogP contribution in [0.15, 0.2) is 48.5 Å². The molecule has 1 unspecified atom stereocenters. The molecule has 1 amide bonds. The molecule has 0 aromatic heterocycles. The topological polar surface area (TPSA) is 29.5 Å². The average Bonchev–Trinajstić information content (AvgIpc) is 2.53. The van der Waals surface area contributed by atoms with E-state index in [9.17, 15) is 9.18 Å². The van der Waals surface area contributed by atoms with E-state index in [4.69, 9.17) is 4.74 Å². The number of ether oxygens (including phenoxy) is 1. The number of hydrogen-bond acceptors (Lipinski definition) is 2. The largest absolute Gasteiger partial charge is 0.496 e. The van der Waals surface area contributed by atoms with E-state index in [-0.39, 0.29) is 24.2 Å². The normalized spacial score (nSPS) is 11.8. The Morgan fingerprint density at radius 2 is 1.95 bits per heavy atom. The van der Waals surface area contributed by atoms with Crippen LogP contribution in [-0.2, 0) is 11.2 Å². The monoisotopic (exact) mass is 301 g/mol. The van der Waals surface area contributed by atoms with Crippen LogP contribution in [0.2, 0.25) is 0 Å². The van der Waals surface area contributed by atoms with E-state index in [1.54, 1.807) is 31.2 Å². The first-order chi connectivity index (χ1) is 10.5. The summed E-state index contributed by atoms with van der Waals surface area (Å²) in [4.78, 5) is 14.1. The minimum atomic E-state index is -0.328. The van der Waals surface area contributed by atoms with Crippen molar-refractivity contribution < 1.29 is 13.9 Å². The Morgan fingerprint density at radius 3 is 2.64 bits per heavy atom. The number of rotatable bonds is 5. The minimum Gasteiger partial charge on any atom is -0.496 e. The van der Waals surface area contributed by atoms with Gasteiger partial charge >= 0.3 is 0 Å². The maximum Gasteiger partial charge on any atom is 0.227 e. The van der Waals surface area contributed by atoms with E-state index >= 15 is 0 Å². The van der Waals surface area contributed by atoms with Crippen molar-refractivity contribution in [1.29, 1.82) is 0 Å². The summed E-state index contributed by atoms with van der Waals surface area (Å²) in [6.07, 6.45) is 0.174. The molecule has 0 saturated carbocycles. The fourth-order valence-electron chi connectivity index (χ4n) is 2.38. The number of carbonyl (C=O) groups excluding carboxylic acids is 1. The molecule has 0 spiro atoms. The van der Waals surface area contributed by atoms with Crippen LogP contribution in [0.3, 0.4) is 0 Å². The molecule has 0 heterocycles. The average molecular weight is 301 g/mol. The SMILES string of the molecule is COc1ccccc1C(C)N(C)C(=O)Cc1cccc(F)c1. The van der Waals surface area contributed by atoms with Crippen molar-refractivity contribution in [2.75, 3.05) is 14.2 Å². The zero-order valence-corrected chi connectivity index (χ0v) is 13.0. The van der Waals surface area contributed by atoms with Crippen LogP contribution in [0.1, 0.15) is 24.1 Å². The summed E-state index contributed by atoms with van der Waals surface area (Å²) in [5.41, 5.74) is 1.61. The lowest BCUT2D eigenvalue weighted by molar-refractivity contribution is -0.131. The quantitative estimate of drug-likeness (QED) is 0.844. The Morgan fingerprint density at radius 1 is 1.23 bits per heavy atom. The van der Waals surface area contributed by atoms with Gasteiger partial charge in [0, 0.05) is 12.6 Å². The van der Waals surface area contributed by atoms with Gasteiger partial charge in [-0.05, 0) is 30.7 Å². The lowest BCUT2D eigenvalue weighted by atomic mass is 10.0. The van der Waals surface area contributed by atoms with Crippen molar-refractivity contribution in [2.45, 2.75) is 19.4 Å². The van der Waals surface area contributed by atoms with Crippen molar-refractivity contribution in [2.24, 2.45) is 0 Å². The molecule has 22 heavy (non-hydrogen) atoms. The van der Waals surface area contributed by atoms with Gasteiger partial charge in [0.05, 0.1) is 19.6 Å². The summed E-state index contributed by atoms with van der Waals surface area (Å²) in [6, 6.07) is 13.6. The van der Waals surface area contributed by atoms with Gasteiger partial charge in [-0.25, -0.2) is 4.39 Å². The molecule has 0 bridgehead atoms. The maximum absolute atomic E-state index is 13.2. The van der Waals surface area contributed by atoms with E-state index in [2.05, 4.69) is 0 Å². The van der Waals surface area contributed by atoms with E-state index < -0.39 is 0 Å². The fourth-order valence-corrected chi connectivity index (χ4v) is 2.38. The first kappa shape index (κ1) is 16.0. The maximum atomic E-state index is 13.2. The Balaban J connectivity index is 2.12. The molecule has 0 aliphatic rings. The number of methoxy groups -OCH3 is 1. The summed E-state index contributed by atoms with van der Waals surface area (Å²) < 4.78 is 18.5. The highest BCUT2D eigenvalue weighted by Crippen LogP contribution is 2.28. The standard InChI is InChI=1S/C18H20FNO2/c1-13(16-9-4-5-10-17(16)22-3)20(2)18(21)12-14-7-6-8-15(19)11-14/h4-11,13H,12H2,1-3H3. The fraction of sp³-hybridized carbons (Fsp3) is 0.278. The molecule has 0 aliphatic heterocycles. The third-order valence-corrected chi connectivity index (χ3v) is 3.81. The second kappa shape index (κ2) is 7.07. The molecule has 0 N–H and O–H groups in total. The summed E-state index contributed by atoms with van der Waals surface area (Å²) in [5, 5.41) is 0. The second-order valence-electron chi connectivity index (χ2n) is 5.23. The van der Waals surface area contributed by atoms with Crippen molar-refractivity contribution >= 4 is 5.91 Å². The van der Waals surface area contributed by atoms with Crippen molar-refractivity contribution in [3.8, 4) is 5.75 Å². The van der Waals surface area contributed by atoms with Crippen molar-refractivity contribution in [3.05, 3.63) is 65.5 Å². The Kier molecular flexibility index (Phi) is 5.15. The van der Waals surface area contributed by atoms with Gasteiger partial charge < -0.3 is 9.64 Å². The van der Waals surface area contributed by atoms with Crippen LogP contribution in [0.4, 0.5) is 4.39 Å². The number of nitrogens with zero attached hydrogens (tertiary/aromatic N) is 1. The van der Waals surface area contributed by atoms with Crippen LogP contribution >= 0.6 is 0 Å². The Labute approximate surface area is 130 Å². The first-order valence-corrected chi connectivity index (χ1v) is 7.16. The molecule has 0 radical (unpaired) electrons. The zero-order valence-electron chi connectivity index (χ0n) is 13.0. The van der Waals surface area contributed by atoms with Gasteiger partial charge in [-0.15, -0.1) is 0 Å². The van der Waals surface area contributed by atoms with Crippen LogP contribution in [0.25, 0.3) is 0 Å². The summed E-state index contributed by atoms with van der Waals surface area (Å²) in [5.74, 6) is 0.357. The molecule has 0 aliphatic carbocycles. The summed E-state index contributed by atoms with van der Waals surface area (Å²) in [6.45, 7) is 1.95. The third-order valence-electron chi connectivity index (χ3n) is 3.81. The van der Waals surface area contributed by atoms with Gasteiger partial charge in [-0.3, -0.25) is 4.79 Å². The van der Waals surface area contributed by atoms with Gasteiger partial charge in [0.15, 0.2) is 0 Å². The molecular weight excluding hydrogens is 281 g/mol. The van der Waals surface area contributed by atoms with E-state index in [0.717, 1.165) is 11.3 Å². The predicted molar refractivity (Wildman–Crippen MR) is 84.3 cm³/mol. The lowest BCUT2D eigenvalue weighted by Crippen LogP contribution is -2.31. The Bertz CT molecular complexity index is 657. The van der Waals surface area contributed by atoms with Gasteiger partial charge in [0.25, 0.3) is 0 Å². The van der Waals surface area contributed by atoms with Crippen LogP contribution < -0.4 is 4.74 Å². The van der Waals surface area contributed by atoms with Crippen LogP contribution in [0.5, 0.6) is 5.75 Å². The van der Waals surface area contributed by atoms with Crippen molar-refractivity contribution in [1.82, 2.24) is 4.90 Å². The van der Waals surface area contributed by atoms with E-state index in [0.29, 0.717) is 5.56 Å². The molecular formula is C18H20FNO2. The van der Waals surface area contributed by atoms with Gasteiger partial charge in [0.2, 0.25) is 5.91 Å². The minimum absolute atomic E-state index is 0.0657. The number of carbonyl (C=O) groups is 1. The van der Waals surface area contributed by atoms with Crippen molar-refractivity contribution in [3.63, 3.8) is 0 Å². The van der Waals surface area contributed by atoms with E-state index in [1.807, 2.05) is 31.2 Å². The lowest BCUT2D eigenvalue weighted by Gasteiger charge is -2.26. The molecule has 2 aromatic carbocycles. The molecule has 4 heteroatoms. The number of para-hydroxylation sites is 1. The molecule has 2 rings (SSSR count). The van der Waals surface area contributed by atoms with Crippen LogP contribution in [0, 0.1) is 5.82 Å². The van der Waals surface area contributed by atoms with Crippen LogP contribution in [-0.4, -0.2) is 25.0 Å². The second-order valence-corrected chi connectivity index (χ2v) is 5.23. The smallest absolute Gasteiger partial charge is 0.227 e. The highest BCUT2D eigenvalue weighted by atomic mass is 19.1. The summed E-state index contributed by atoms with van der Waals surface area (Å²) in [7, 11) is 3.36. The van der Waals surface area contributed by atoms with Gasteiger partial charge in [-0.1, -0.05) is 30.3 Å². The van der Waals surface area contributed by atoms with E-state index in [1.165, 1.54) is 12.1 Å². The highest BCUT2D eigenvalue weighted by molar-refractivity contribution is 5.79. The number of hydrogen-bond donors (Lipinski definition) is 0. The third kappa shape index (κ3) is 3.64. The number of benzene rings is 2. The first-order valence-electron chi connectivity index (χ1n) is 7.16. The highest BCUT2D eigenvalue weighted by Gasteiger charge is 2.20. The summed E-state index contributed by atoms with van der Waals surface area (Å²) >= 11 is 0. The zero-order chi connectivity index (χ0) is 16.1. The molecule has 3 nitrogen and oxygen atoms in total. The molecule has 116 valence electrons. The van der Waals surface area contributed by atoms with Gasteiger partial charge in [-0.2, -0.15) is 0 Å². The molecule has 0 saturated heterocycles. The predicted octanol–water partition coefficient (Wildman–Crippen LogP) is 3.60. The Hall–Kier alpha value is -2.36. The molecule has 0 fully saturated rings. The molecule has 1 atom stereocenters. The molecule has 2 aromatic rings. The number of likely N-dealkylation sites (N-methyl/N-ethyl adjacent to an activating group) is 1. The number of amides is 1. The van der Waals surface area contributed by atoms with Gasteiger partial charge in [0.1, 0.15) is 11.6 Å².